The largest absolute Gasteiger partial charge is 0.383 e. The van der Waals surface area contributed by atoms with Crippen LogP contribution in [0.4, 0.5) is 0 Å². The summed E-state index contributed by atoms with van der Waals surface area (Å²) in [6, 6.07) is 28.9. The van der Waals surface area contributed by atoms with Crippen molar-refractivity contribution in [1.82, 2.24) is 0 Å². The second kappa shape index (κ2) is 7.52. The lowest BCUT2D eigenvalue weighted by Gasteiger charge is -2.29. The topological polar surface area (TPSA) is 40.5 Å². The van der Waals surface area contributed by atoms with E-state index in [0.717, 1.165) is 16.4 Å². The van der Waals surface area contributed by atoms with Crippen LogP contribution in [0.15, 0.2) is 91.0 Å². The van der Waals surface area contributed by atoms with E-state index in [-0.39, 0.29) is 0 Å². The lowest BCUT2D eigenvalue weighted by molar-refractivity contribution is 0.231. The van der Waals surface area contributed by atoms with Crippen molar-refractivity contribution in [2.45, 2.75) is 11.7 Å². The van der Waals surface area contributed by atoms with Crippen molar-refractivity contribution in [1.29, 1.82) is 0 Å². The molecule has 2 unspecified atom stereocenters. The average molecular weight is 322 g/mol. The van der Waals surface area contributed by atoms with Crippen LogP contribution in [0.2, 0.25) is 0 Å². The molecule has 0 aliphatic heterocycles. The highest BCUT2D eigenvalue weighted by Crippen LogP contribution is 2.58. The third kappa shape index (κ3) is 3.68. The van der Waals surface area contributed by atoms with Gasteiger partial charge in [0.15, 0.2) is 0 Å². The summed E-state index contributed by atoms with van der Waals surface area (Å²) in [5.41, 5.74) is 1.66. The SMILES string of the molecule is OC(c1ccccc1)P(c1ccccc1)C(O)c1ccccc1. The maximum Gasteiger partial charge on any atom is 0.105 e. The Kier molecular flexibility index (Phi) is 5.19. The number of hydrogen-bond acceptors (Lipinski definition) is 2. The zero-order valence-corrected chi connectivity index (χ0v) is 13.6. The summed E-state index contributed by atoms with van der Waals surface area (Å²) in [7, 11) is -1.22. The molecule has 2 nitrogen and oxygen atoms in total. The van der Waals surface area contributed by atoms with Crippen LogP contribution in [0, 0.1) is 0 Å². The van der Waals surface area contributed by atoms with Crippen molar-refractivity contribution in [3.8, 4) is 0 Å². The van der Waals surface area contributed by atoms with Crippen LogP contribution >= 0.6 is 7.92 Å². The Hall–Kier alpha value is -1.99. The predicted octanol–water partition coefficient (Wildman–Crippen LogP) is 4.18. The van der Waals surface area contributed by atoms with E-state index in [0.29, 0.717) is 0 Å². The van der Waals surface area contributed by atoms with Crippen molar-refractivity contribution in [3.63, 3.8) is 0 Å². The molecule has 0 saturated carbocycles. The molecule has 2 N–H and O–H groups in total. The second-order valence-electron chi connectivity index (χ2n) is 5.31. The van der Waals surface area contributed by atoms with Gasteiger partial charge in [0.1, 0.15) is 11.7 Å². The first-order valence-electron chi connectivity index (χ1n) is 7.57. The van der Waals surface area contributed by atoms with Crippen LogP contribution in [-0.4, -0.2) is 10.2 Å². The molecule has 116 valence electrons. The van der Waals surface area contributed by atoms with Crippen LogP contribution in [0.3, 0.4) is 0 Å². The molecule has 2 atom stereocenters. The van der Waals surface area contributed by atoms with Gasteiger partial charge in [-0.15, -0.1) is 0 Å². The van der Waals surface area contributed by atoms with Crippen LogP contribution in [0.5, 0.6) is 0 Å². The molecule has 0 aliphatic carbocycles. The zero-order chi connectivity index (χ0) is 16.1. The maximum atomic E-state index is 10.9. The van der Waals surface area contributed by atoms with Gasteiger partial charge in [-0.05, 0) is 24.4 Å². The summed E-state index contributed by atoms with van der Waals surface area (Å²) in [5.74, 6) is -1.44. The van der Waals surface area contributed by atoms with E-state index in [2.05, 4.69) is 0 Å². The Morgan fingerprint density at radius 1 is 0.522 bits per heavy atom. The van der Waals surface area contributed by atoms with Crippen LogP contribution < -0.4 is 5.30 Å². The molecule has 0 bridgehead atoms. The predicted molar refractivity (Wildman–Crippen MR) is 95.8 cm³/mol. The molecule has 3 rings (SSSR count). The summed E-state index contributed by atoms with van der Waals surface area (Å²) >= 11 is 0. The third-order valence-corrected chi connectivity index (χ3v) is 6.32. The van der Waals surface area contributed by atoms with E-state index in [1.807, 2.05) is 91.0 Å². The van der Waals surface area contributed by atoms with Gasteiger partial charge >= 0.3 is 0 Å². The fraction of sp³-hybridized carbons (Fsp3) is 0.100. The number of aliphatic hydroxyl groups excluding tert-OH is 2. The average Bonchev–Trinajstić information content (AvgIpc) is 2.64. The van der Waals surface area contributed by atoms with E-state index in [1.165, 1.54) is 0 Å². The van der Waals surface area contributed by atoms with E-state index in [9.17, 15) is 10.2 Å². The zero-order valence-electron chi connectivity index (χ0n) is 12.7. The highest BCUT2D eigenvalue weighted by Gasteiger charge is 2.30. The summed E-state index contributed by atoms with van der Waals surface area (Å²) in [6.45, 7) is 0. The van der Waals surface area contributed by atoms with Gasteiger partial charge < -0.3 is 10.2 Å². The molecule has 0 aliphatic rings. The molecule has 3 aromatic carbocycles. The fourth-order valence-corrected chi connectivity index (χ4v) is 4.92. The van der Waals surface area contributed by atoms with E-state index < -0.39 is 19.6 Å². The van der Waals surface area contributed by atoms with E-state index in [4.69, 9.17) is 0 Å². The molecule has 0 spiro atoms. The minimum atomic E-state index is -1.22. The van der Waals surface area contributed by atoms with Gasteiger partial charge in [0.25, 0.3) is 0 Å². The summed E-state index contributed by atoms with van der Waals surface area (Å²) in [4.78, 5) is 0. The number of aliphatic hydroxyl groups is 2. The van der Waals surface area contributed by atoms with Crippen LogP contribution in [-0.2, 0) is 0 Å². The Bertz CT molecular complexity index is 671. The lowest BCUT2D eigenvalue weighted by Crippen LogP contribution is -2.13. The molecule has 0 aromatic heterocycles. The number of hydrogen-bond donors (Lipinski definition) is 2. The summed E-state index contributed by atoms with van der Waals surface area (Å²) in [5, 5.41) is 22.9. The van der Waals surface area contributed by atoms with Crippen LogP contribution in [0.1, 0.15) is 22.8 Å². The molecule has 0 fully saturated rings. The molecule has 0 heterocycles. The van der Waals surface area contributed by atoms with Crippen molar-refractivity contribution in [2.24, 2.45) is 0 Å². The molecule has 0 amide bonds. The second-order valence-corrected chi connectivity index (χ2v) is 7.62. The van der Waals surface area contributed by atoms with Gasteiger partial charge in [-0.2, -0.15) is 0 Å². The Morgan fingerprint density at radius 3 is 1.26 bits per heavy atom. The summed E-state index contributed by atoms with van der Waals surface area (Å²) < 4.78 is 0. The molecular weight excluding hydrogens is 303 g/mol. The Labute approximate surface area is 137 Å². The summed E-state index contributed by atoms with van der Waals surface area (Å²) in [6.07, 6.45) is 0. The molecular formula is C20H19O2P. The van der Waals surface area contributed by atoms with Crippen molar-refractivity contribution >= 4 is 13.2 Å². The first-order valence-corrected chi connectivity index (χ1v) is 9.05. The normalized spacial score (nSPS) is 14.9. The first-order chi connectivity index (χ1) is 11.3. The third-order valence-electron chi connectivity index (χ3n) is 3.78. The fourth-order valence-electron chi connectivity index (χ4n) is 2.59. The molecule has 3 aromatic rings. The van der Waals surface area contributed by atoms with Crippen molar-refractivity contribution in [2.75, 3.05) is 0 Å². The maximum absolute atomic E-state index is 10.9. The minimum absolute atomic E-state index is 0.719. The smallest absolute Gasteiger partial charge is 0.105 e. The van der Waals surface area contributed by atoms with Crippen molar-refractivity contribution in [3.05, 3.63) is 102 Å². The van der Waals surface area contributed by atoms with Gasteiger partial charge in [-0.3, -0.25) is 0 Å². The van der Waals surface area contributed by atoms with Crippen LogP contribution in [0.25, 0.3) is 0 Å². The quantitative estimate of drug-likeness (QED) is 0.692. The Balaban J connectivity index is 2.01. The highest BCUT2D eigenvalue weighted by atomic mass is 31.1. The van der Waals surface area contributed by atoms with Crippen molar-refractivity contribution < 1.29 is 10.2 Å². The van der Waals surface area contributed by atoms with Gasteiger partial charge in [-0.25, -0.2) is 0 Å². The van der Waals surface area contributed by atoms with E-state index >= 15 is 0 Å². The first kappa shape index (κ1) is 15.9. The van der Waals surface area contributed by atoms with Gasteiger partial charge in [0.2, 0.25) is 0 Å². The standard InChI is InChI=1S/C20H19O2P/c21-19(16-10-4-1-5-11-16)23(18-14-8-3-9-15-18)20(22)17-12-6-2-7-13-17/h1-15,19-22H. The number of benzene rings is 3. The number of rotatable bonds is 5. The lowest BCUT2D eigenvalue weighted by atomic mass is 10.2. The monoisotopic (exact) mass is 322 g/mol. The molecule has 0 saturated heterocycles. The van der Waals surface area contributed by atoms with Gasteiger partial charge in [0, 0.05) is 0 Å². The molecule has 23 heavy (non-hydrogen) atoms. The highest BCUT2D eigenvalue weighted by molar-refractivity contribution is 7.65. The van der Waals surface area contributed by atoms with Gasteiger partial charge in [0.05, 0.1) is 0 Å². The molecule has 0 radical (unpaired) electrons. The molecule has 3 heteroatoms. The Morgan fingerprint density at radius 2 is 0.870 bits per heavy atom. The van der Waals surface area contributed by atoms with E-state index in [1.54, 1.807) is 0 Å². The minimum Gasteiger partial charge on any atom is -0.383 e. The van der Waals surface area contributed by atoms with Gasteiger partial charge in [-0.1, -0.05) is 91.0 Å².